The van der Waals surface area contributed by atoms with Crippen molar-refractivity contribution in [3.05, 3.63) is 0 Å². The van der Waals surface area contributed by atoms with Gasteiger partial charge in [0.25, 0.3) is 0 Å². The first-order valence-corrected chi connectivity index (χ1v) is 7.56. The fourth-order valence-corrected chi connectivity index (χ4v) is 4.10. The van der Waals surface area contributed by atoms with Crippen LogP contribution >= 0.6 is 0 Å². The van der Waals surface area contributed by atoms with Crippen LogP contribution in [0.15, 0.2) is 0 Å². The van der Waals surface area contributed by atoms with E-state index < -0.39 is 0 Å². The summed E-state index contributed by atoms with van der Waals surface area (Å²) in [4.78, 5) is 0. The molecule has 0 aliphatic heterocycles. The zero-order valence-corrected chi connectivity index (χ0v) is 11.2. The highest BCUT2D eigenvalue weighted by Crippen LogP contribution is 2.39. The summed E-state index contributed by atoms with van der Waals surface area (Å²) in [6, 6.07) is 0.836. The quantitative estimate of drug-likeness (QED) is 0.760. The Bertz CT molecular complexity index is 196. The maximum absolute atomic E-state index is 3.82. The predicted molar refractivity (Wildman–Crippen MR) is 70.5 cm³/mol. The zero-order valence-electron chi connectivity index (χ0n) is 11.2. The largest absolute Gasteiger partial charge is 0.314 e. The Kier molecular flexibility index (Phi) is 4.69. The molecule has 0 bridgehead atoms. The van der Waals surface area contributed by atoms with E-state index in [-0.39, 0.29) is 0 Å². The maximum Gasteiger partial charge on any atom is 0.0126 e. The molecule has 0 radical (unpaired) electrons. The molecule has 0 spiro atoms. The molecule has 1 N–H and O–H groups in total. The fourth-order valence-electron chi connectivity index (χ4n) is 4.10. The molecule has 0 aromatic carbocycles. The van der Waals surface area contributed by atoms with E-state index in [0.717, 1.165) is 30.3 Å². The summed E-state index contributed by atoms with van der Waals surface area (Å²) >= 11 is 0. The molecule has 16 heavy (non-hydrogen) atoms. The van der Waals surface area contributed by atoms with Gasteiger partial charge >= 0.3 is 0 Å². The first-order chi connectivity index (χ1) is 7.83. The molecule has 3 atom stereocenters. The maximum atomic E-state index is 3.82. The minimum atomic E-state index is 0.836. The van der Waals surface area contributed by atoms with Crippen molar-refractivity contribution in [2.75, 3.05) is 6.54 Å². The second kappa shape index (κ2) is 6.05. The molecule has 2 fully saturated rings. The number of rotatable bonds is 4. The van der Waals surface area contributed by atoms with Crippen molar-refractivity contribution >= 4 is 0 Å². The second-order valence-electron chi connectivity index (χ2n) is 6.05. The van der Waals surface area contributed by atoms with E-state index in [9.17, 15) is 0 Å². The lowest BCUT2D eigenvalue weighted by Gasteiger charge is -2.36. The van der Waals surface area contributed by atoms with Crippen LogP contribution in [0.1, 0.15) is 65.2 Å². The van der Waals surface area contributed by atoms with E-state index >= 15 is 0 Å². The summed E-state index contributed by atoms with van der Waals surface area (Å²) in [6.07, 6.45) is 11.8. The van der Waals surface area contributed by atoms with E-state index in [1.165, 1.54) is 51.4 Å². The molecule has 0 amide bonds. The second-order valence-corrected chi connectivity index (χ2v) is 6.05. The molecule has 3 unspecified atom stereocenters. The Labute approximate surface area is 101 Å². The summed E-state index contributed by atoms with van der Waals surface area (Å²) < 4.78 is 0. The normalized spacial score (nSPS) is 34.1. The first kappa shape index (κ1) is 12.4. The predicted octanol–water partition coefficient (Wildman–Crippen LogP) is 3.98. The summed E-state index contributed by atoms with van der Waals surface area (Å²) in [5.74, 6) is 2.92. The van der Waals surface area contributed by atoms with Gasteiger partial charge in [-0.3, -0.25) is 0 Å². The van der Waals surface area contributed by atoms with Crippen molar-refractivity contribution < 1.29 is 0 Å². The fraction of sp³-hybridized carbons (Fsp3) is 1.00. The lowest BCUT2D eigenvalue weighted by molar-refractivity contribution is 0.184. The molecule has 0 aromatic heterocycles. The zero-order chi connectivity index (χ0) is 11.4. The summed E-state index contributed by atoms with van der Waals surface area (Å²) in [5, 5.41) is 3.82. The molecule has 1 nitrogen and oxygen atoms in total. The van der Waals surface area contributed by atoms with Gasteiger partial charge in [-0.15, -0.1) is 0 Å². The van der Waals surface area contributed by atoms with Crippen LogP contribution < -0.4 is 5.32 Å². The van der Waals surface area contributed by atoms with Crippen LogP contribution in [0.5, 0.6) is 0 Å². The Morgan fingerprint density at radius 1 is 1.00 bits per heavy atom. The van der Waals surface area contributed by atoms with E-state index in [2.05, 4.69) is 19.2 Å². The Morgan fingerprint density at radius 3 is 2.31 bits per heavy atom. The minimum Gasteiger partial charge on any atom is -0.314 e. The van der Waals surface area contributed by atoms with Gasteiger partial charge in [-0.25, -0.2) is 0 Å². The number of nitrogens with one attached hydrogen (secondary N) is 1. The Morgan fingerprint density at radius 2 is 1.75 bits per heavy atom. The molecule has 0 heterocycles. The highest BCUT2D eigenvalue weighted by Gasteiger charge is 2.35. The Hall–Kier alpha value is -0.0400. The van der Waals surface area contributed by atoms with Gasteiger partial charge in [0.05, 0.1) is 0 Å². The minimum absolute atomic E-state index is 0.836. The summed E-state index contributed by atoms with van der Waals surface area (Å²) in [5.41, 5.74) is 0. The average Bonchev–Trinajstić information content (AvgIpc) is 2.73. The monoisotopic (exact) mass is 223 g/mol. The SMILES string of the molecule is CCNC(C1CCCCC1)C1CCCC1C. The van der Waals surface area contributed by atoms with Gasteiger partial charge in [-0.05, 0) is 43.6 Å². The summed E-state index contributed by atoms with van der Waals surface area (Å²) in [7, 11) is 0. The first-order valence-electron chi connectivity index (χ1n) is 7.56. The van der Waals surface area contributed by atoms with Gasteiger partial charge in [-0.1, -0.05) is 46.0 Å². The van der Waals surface area contributed by atoms with E-state index in [1.807, 2.05) is 0 Å². The van der Waals surface area contributed by atoms with Crippen molar-refractivity contribution in [3.63, 3.8) is 0 Å². The Balaban J connectivity index is 1.97. The van der Waals surface area contributed by atoms with Crippen LogP contribution in [-0.4, -0.2) is 12.6 Å². The van der Waals surface area contributed by atoms with Gasteiger partial charge in [0.15, 0.2) is 0 Å². The molecule has 2 saturated carbocycles. The van der Waals surface area contributed by atoms with Crippen molar-refractivity contribution in [1.82, 2.24) is 5.32 Å². The van der Waals surface area contributed by atoms with Crippen molar-refractivity contribution in [2.45, 2.75) is 71.3 Å². The van der Waals surface area contributed by atoms with E-state index in [0.29, 0.717) is 0 Å². The van der Waals surface area contributed by atoms with Gasteiger partial charge in [0.2, 0.25) is 0 Å². The van der Waals surface area contributed by atoms with Gasteiger partial charge in [0, 0.05) is 6.04 Å². The molecule has 2 aliphatic carbocycles. The van der Waals surface area contributed by atoms with Gasteiger partial charge in [0.1, 0.15) is 0 Å². The molecular weight excluding hydrogens is 194 g/mol. The molecule has 0 saturated heterocycles. The van der Waals surface area contributed by atoms with Crippen LogP contribution in [0.2, 0.25) is 0 Å². The van der Waals surface area contributed by atoms with Crippen LogP contribution in [0, 0.1) is 17.8 Å². The molecular formula is C15H29N. The molecule has 94 valence electrons. The van der Waals surface area contributed by atoms with Gasteiger partial charge < -0.3 is 5.32 Å². The van der Waals surface area contributed by atoms with Crippen LogP contribution in [0.25, 0.3) is 0 Å². The topological polar surface area (TPSA) is 12.0 Å². The van der Waals surface area contributed by atoms with Crippen molar-refractivity contribution in [2.24, 2.45) is 17.8 Å². The van der Waals surface area contributed by atoms with Crippen LogP contribution in [0.3, 0.4) is 0 Å². The van der Waals surface area contributed by atoms with Crippen molar-refractivity contribution in [1.29, 1.82) is 0 Å². The standard InChI is InChI=1S/C15H29N/c1-3-16-15(13-9-5-4-6-10-13)14-11-7-8-12(14)2/h12-16H,3-11H2,1-2H3. The molecule has 0 aromatic rings. The molecule has 2 rings (SSSR count). The van der Waals surface area contributed by atoms with Crippen LogP contribution in [0.4, 0.5) is 0 Å². The van der Waals surface area contributed by atoms with Crippen LogP contribution in [-0.2, 0) is 0 Å². The lowest BCUT2D eigenvalue weighted by Crippen LogP contribution is -2.44. The number of hydrogen-bond acceptors (Lipinski definition) is 1. The molecule has 1 heteroatoms. The third-order valence-corrected chi connectivity index (χ3v) is 4.99. The average molecular weight is 223 g/mol. The molecule has 2 aliphatic rings. The lowest BCUT2D eigenvalue weighted by atomic mass is 9.76. The highest BCUT2D eigenvalue weighted by atomic mass is 14.9. The highest BCUT2D eigenvalue weighted by molar-refractivity contribution is 4.90. The van der Waals surface area contributed by atoms with Crippen molar-refractivity contribution in [3.8, 4) is 0 Å². The van der Waals surface area contributed by atoms with E-state index in [1.54, 1.807) is 0 Å². The number of hydrogen-bond donors (Lipinski definition) is 1. The third kappa shape index (κ3) is 2.80. The van der Waals surface area contributed by atoms with E-state index in [4.69, 9.17) is 0 Å². The van der Waals surface area contributed by atoms with Gasteiger partial charge in [-0.2, -0.15) is 0 Å². The summed E-state index contributed by atoms with van der Waals surface area (Å²) in [6.45, 7) is 5.91. The third-order valence-electron chi connectivity index (χ3n) is 4.99. The smallest absolute Gasteiger partial charge is 0.0126 e.